The fourth-order valence-electron chi connectivity index (χ4n) is 2.31. The number of anilines is 1. The molecule has 1 saturated carbocycles. The average Bonchev–Trinajstić information content (AvgIpc) is 2.65. The molecule has 2 atom stereocenters. The van der Waals surface area contributed by atoms with E-state index in [2.05, 4.69) is 12.2 Å². The molecule has 0 aromatic heterocycles. The molecule has 2 unspecified atom stereocenters. The van der Waals surface area contributed by atoms with Crippen molar-refractivity contribution in [2.75, 3.05) is 5.73 Å². The standard InChI is InChI=1S/C13H18N2O/c1-9-5-4-8-12(9)15-13(16)10-6-2-3-7-11(10)14/h2-3,6-7,9,12H,4-5,8,14H2,1H3,(H,15,16). The lowest BCUT2D eigenvalue weighted by molar-refractivity contribution is 0.0930. The number of benzene rings is 1. The minimum atomic E-state index is -0.0446. The highest BCUT2D eigenvalue weighted by Crippen LogP contribution is 2.25. The monoisotopic (exact) mass is 218 g/mol. The minimum absolute atomic E-state index is 0.0446. The van der Waals surface area contributed by atoms with Gasteiger partial charge in [0.2, 0.25) is 0 Å². The van der Waals surface area contributed by atoms with Crippen LogP contribution < -0.4 is 11.1 Å². The lowest BCUT2D eigenvalue weighted by Crippen LogP contribution is -2.36. The Morgan fingerprint density at radius 2 is 2.12 bits per heavy atom. The van der Waals surface area contributed by atoms with Crippen molar-refractivity contribution >= 4 is 11.6 Å². The van der Waals surface area contributed by atoms with Gasteiger partial charge < -0.3 is 11.1 Å². The van der Waals surface area contributed by atoms with E-state index >= 15 is 0 Å². The van der Waals surface area contributed by atoms with Crippen LogP contribution in [0, 0.1) is 5.92 Å². The minimum Gasteiger partial charge on any atom is -0.398 e. The van der Waals surface area contributed by atoms with Crippen LogP contribution in [-0.4, -0.2) is 11.9 Å². The highest BCUT2D eigenvalue weighted by molar-refractivity contribution is 5.99. The van der Waals surface area contributed by atoms with Crippen molar-refractivity contribution < 1.29 is 4.79 Å². The van der Waals surface area contributed by atoms with Crippen LogP contribution >= 0.6 is 0 Å². The Hall–Kier alpha value is -1.51. The van der Waals surface area contributed by atoms with Crippen LogP contribution in [0.1, 0.15) is 36.5 Å². The van der Waals surface area contributed by atoms with Gasteiger partial charge in [-0.05, 0) is 30.9 Å². The summed E-state index contributed by atoms with van der Waals surface area (Å²) in [6.07, 6.45) is 3.49. The molecule has 1 aliphatic rings. The normalized spacial score (nSPS) is 24.3. The molecule has 2 rings (SSSR count). The van der Waals surface area contributed by atoms with Crippen molar-refractivity contribution in [2.24, 2.45) is 5.92 Å². The zero-order chi connectivity index (χ0) is 11.5. The number of amides is 1. The van der Waals surface area contributed by atoms with E-state index < -0.39 is 0 Å². The predicted octanol–water partition coefficient (Wildman–Crippen LogP) is 2.19. The molecule has 86 valence electrons. The largest absolute Gasteiger partial charge is 0.398 e. The van der Waals surface area contributed by atoms with Crippen LogP contribution in [0.4, 0.5) is 5.69 Å². The van der Waals surface area contributed by atoms with Crippen LogP contribution in [0.25, 0.3) is 0 Å². The van der Waals surface area contributed by atoms with Crippen molar-refractivity contribution in [3.63, 3.8) is 0 Å². The Morgan fingerprint density at radius 1 is 1.38 bits per heavy atom. The molecule has 3 nitrogen and oxygen atoms in total. The number of nitrogens with two attached hydrogens (primary N) is 1. The van der Waals surface area contributed by atoms with Crippen molar-refractivity contribution in [3.05, 3.63) is 29.8 Å². The Morgan fingerprint density at radius 3 is 2.75 bits per heavy atom. The van der Waals surface area contributed by atoms with Crippen LogP contribution in [0.5, 0.6) is 0 Å². The second-order valence-corrected chi connectivity index (χ2v) is 4.58. The van der Waals surface area contributed by atoms with Crippen molar-refractivity contribution in [1.82, 2.24) is 5.32 Å². The molecule has 0 heterocycles. The number of carbonyl (C=O) groups excluding carboxylic acids is 1. The zero-order valence-corrected chi connectivity index (χ0v) is 9.57. The molecule has 0 bridgehead atoms. The summed E-state index contributed by atoms with van der Waals surface area (Å²) in [7, 11) is 0. The molecule has 1 aromatic carbocycles. The van der Waals surface area contributed by atoms with E-state index in [0.29, 0.717) is 23.2 Å². The number of hydrogen-bond acceptors (Lipinski definition) is 2. The maximum Gasteiger partial charge on any atom is 0.253 e. The molecule has 0 aliphatic heterocycles. The molecule has 1 aromatic rings. The first-order chi connectivity index (χ1) is 7.68. The van der Waals surface area contributed by atoms with Crippen LogP contribution in [-0.2, 0) is 0 Å². The third kappa shape index (κ3) is 2.18. The van der Waals surface area contributed by atoms with Gasteiger partial charge in [-0.3, -0.25) is 4.79 Å². The van der Waals surface area contributed by atoms with E-state index in [-0.39, 0.29) is 5.91 Å². The summed E-state index contributed by atoms with van der Waals surface area (Å²) in [5.41, 5.74) is 6.90. The molecule has 3 N–H and O–H groups in total. The number of hydrogen-bond donors (Lipinski definition) is 2. The van der Waals surface area contributed by atoms with Gasteiger partial charge in [-0.2, -0.15) is 0 Å². The number of carbonyl (C=O) groups is 1. The maximum absolute atomic E-state index is 12.0. The molecule has 0 radical (unpaired) electrons. The Kier molecular flexibility index (Phi) is 3.13. The van der Waals surface area contributed by atoms with Gasteiger partial charge in [0, 0.05) is 11.7 Å². The quantitative estimate of drug-likeness (QED) is 0.748. The number of rotatable bonds is 2. The summed E-state index contributed by atoms with van der Waals surface area (Å²) >= 11 is 0. The van der Waals surface area contributed by atoms with E-state index in [9.17, 15) is 4.79 Å². The topological polar surface area (TPSA) is 55.1 Å². The van der Waals surface area contributed by atoms with Gasteiger partial charge in [0.1, 0.15) is 0 Å². The first kappa shape index (κ1) is 11.0. The summed E-state index contributed by atoms with van der Waals surface area (Å²) in [6, 6.07) is 7.51. The van der Waals surface area contributed by atoms with E-state index in [1.807, 2.05) is 12.1 Å². The Bertz CT molecular complexity index is 389. The van der Waals surface area contributed by atoms with Crippen molar-refractivity contribution in [1.29, 1.82) is 0 Å². The highest BCUT2D eigenvalue weighted by atomic mass is 16.1. The number of nitrogen functional groups attached to an aromatic ring is 1. The Labute approximate surface area is 96.0 Å². The van der Waals surface area contributed by atoms with Gasteiger partial charge in [-0.25, -0.2) is 0 Å². The van der Waals surface area contributed by atoms with Gasteiger partial charge in [-0.1, -0.05) is 25.5 Å². The fraction of sp³-hybridized carbons (Fsp3) is 0.462. The summed E-state index contributed by atoms with van der Waals surface area (Å²) in [5.74, 6) is 0.533. The summed E-state index contributed by atoms with van der Waals surface area (Å²) in [6.45, 7) is 2.19. The average molecular weight is 218 g/mol. The fourth-order valence-corrected chi connectivity index (χ4v) is 2.31. The van der Waals surface area contributed by atoms with E-state index in [1.165, 1.54) is 12.8 Å². The summed E-state index contributed by atoms with van der Waals surface area (Å²) in [5, 5.41) is 3.07. The van der Waals surface area contributed by atoms with Crippen molar-refractivity contribution in [2.45, 2.75) is 32.2 Å². The molecular formula is C13H18N2O. The van der Waals surface area contributed by atoms with E-state index in [4.69, 9.17) is 5.73 Å². The second kappa shape index (κ2) is 4.56. The predicted molar refractivity (Wildman–Crippen MR) is 65.1 cm³/mol. The molecule has 0 spiro atoms. The van der Waals surface area contributed by atoms with Crippen molar-refractivity contribution in [3.8, 4) is 0 Å². The van der Waals surface area contributed by atoms with Gasteiger partial charge in [-0.15, -0.1) is 0 Å². The molecular weight excluding hydrogens is 200 g/mol. The zero-order valence-electron chi connectivity index (χ0n) is 9.57. The molecule has 1 fully saturated rings. The number of nitrogens with one attached hydrogen (secondary N) is 1. The third-order valence-electron chi connectivity index (χ3n) is 3.38. The van der Waals surface area contributed by atoms with Gasteiger partial charge in [0.25, 0.3) is 5.91 Å². The van der Waals surface area contributed by atoms with Gasteiger partial charge >= 0.3 is 0 Å². The molecule has 3 heteroatoms. The highest BCUT2D eigenvalue weighted by Gasteiger charge is 2.25. The first-order valence-corrected chi connectivity index (χ1v) is 5.84. The second-order valence-electron chi connectivity index (χ2n) is 4.58. The SMILES string of the molecule is CC1CCCC1NC(=O)c1ccccc1N. The third-order valence-corrected chi connectivity index (χ3v) is 3.38. The van der Waals surface area contributed by atoms with Crippen LogP contribution in [0.2, 0.25) is 0 Å². The summed E-state index contributed by atoms with van der Waals surface area (Å²) < 4.78 is 0. The van der Waals surface area contributed by atoms with Crippen LogP contribution in [0.3, 0.4) is 0 Å². The summed E-state index contributed by atoms with van der Waals surface area (Å²) in [4.78, 5) is 12.0. The molecule has 0 saturated heterocycles. The van der Waals surface area contributed by atoms with E-state index in [1.54, 1.807) is 12.1 Å². The molecule has 1 amide bonds. The smallest absolute Gasteiger partial charge is 0.253 e. The lowest BCUT2D eigenvalue weighted by atomic mass is 10.1. The molecule has 16 heavy (non-hydrogen) atoms. The number of para-hydroxylation sites is 1. The van der Waals surface area contributed by atoms with Gasteiger partial charge in [0.05, 0.1) is 5.56 Å². The van der Waals surface area contributed by atoms with Crippen LogP contribution in [0.15, 0.2) is 24.3 Å². The van der Waals surface area contributed by atoms with E-state index in [0.717, 1.165) is 6.42 Å². The Balaban J connectivity index is 2.06. The van der Waals surface area contributed by atoms with Gasteiger partial charge in [0.15, 0.2) is 0 Å². The lowest BCUT2D eigenvalue weighted by Gasteiger charge is -2.17. The molecule has 1 aliphatic carbocycles. The maximum atomic E-state index is 12.0. The first-order valence-electron chi connectivity index (χ1n) is 5.84.